The Bertz CT molecular complexity index is 1650. The van der Waals surface area contributed by atoms with E-state index in [1.54, 1.807) is 41.5 Å². The van der Waals surface area contributed by atoms with Crippen molar-refractivity contribution in [3.63, 3.8) is 0 Å². The van der Waals surface area contributed by atoms with Gasteiger partial charge in [0.25, 0.3) is 5.91 Å². The lowest BCUT2D eigenvalue weighted by atomic mass is 10.1. The number of H-pyrrole nitrogens is 1. The Morgan fingerprint density at radius 3 is 2.38 bits per heavy atom. The highest BCUT2D eigenvalue weighted by Crippen LogP contribution is 2.21. The zero-order chi connectivity index (χ0) is 35.3. The number of aromatic amines is 1. The van der Waals surface area contributed by atoms with Gasteiger partial charge in [-0.25, -0.2) is 20.1 Å². The number of anilines is 1. The van der Waals surface area contributed by atoms with Gasteiger partial charge in [0.2, 0.25) is 11.3 Å². The molecule has 1 fully saturated rings. The van der Waals surface area contributed by atoms with E-state index in [0.717, 1.165) is 30.5 Å². The van der Waals surface area contributed by atoms with E-state index in [2.05, 4.69) is 41.0 Å². The number of carbonyl (C=O) groups is 4. The second kappa shape index (κ2) is 14.2. The number of aromatic nitrogens is 2. The molecule has 2 aromatic heterocycles. The third-order valence-corrected chi connectivity index (χ3v) is 6.65. The highest BCUT2D eigenvalue weighted by atomic mass is 32.1. The van der Waals surface area contributed by atoms with Crippen LogP contribution >= 0.6 is 11.3 Å². The monoisotopic (exact) mass is 675 g/mol. The largest absolute Gasteiger partial charge is 0.503 e. The highest BCUT2D eigenvalue weighted by Gasteiger charge is 2.42. The lowest BCUT2D eigenvalue weighted by Crippen LogP contribution is -2.69. The summed E-state index contributed by atoms with van der Waals surface area (Å²) >= 11 is 0.941. The lowest BCUT2D eigenvalue weighted by Gasteiger charge is -2.34. The number of aliphatic imine (C=N–C) groups is 2. The van der Waals surface area contributed by atoms with Gasteiger partial charge in [-0.05, 0) is 48.5 Å². The third kappa shape index (κ3) is 10.2. The van der Waals surface area contributed by atoms with Gasteiger partial charge in [-0.3, -0.25) is 29.7 Å². The number of nitrogens with one attached hydrogen (secondary N) is 5. The Labute approximate surface area is 272 Å². The van der Waals surface area contributed by atoms with Gasteiger partial charge in [0.1, 0.15) is 40.9 Å². The quantitative estimate of drug-likeness (QED) is 0.0781. The van der Waals surface area contributed by atoms with E-state index in [1.807, 2.05) is 0 Å². The molecule has 47 heavy (non-hydrogen) atoms. The van der Waals surface area contributed by atoms with Gasteiger partial charge < -0.3 is 35.3 Å². The fourth-order valence-electron chi connectivity index (χ4n) is 3.64. The molecule has 2 aromatic rings. The summed E-state index contributed by atoms with van der Waals surface area (Å²) in [5.74, 6) is -3.05. The number of carbonyl (C=O) groups excluding carboxylic acids is 4. The molecule has 7 N–H and O–H groups in total. The minimum atomic E-state index is -2.16. The maximum absolute atomic E-state index is 13.5. The van der Waals surface area contributed by atoms with Gasteiger partial charge in [0.15, 0.2) is 16.5 Å². The summed E-state index contributed by atoms with van der Waals surface area (Å²) in [5, 5.41) is 32.5. The summed E-state index contributed by atoms with van der Waals surface area (Å²) in [5.41, 5.74) is 2.58. The molecule has 1 saturated heterocycles. The number of nitrogens with zero attached hydrogens (tertiary/aromatic N) is 4. The number of hydrogen-bond donors (Lipinski definition) is 7. The molecule has 0 aliphatic carbocycles. The average Bonchev–Trinajstić information content (AvgIpc) is 3.38. The smallest absolute Gasteiger partial charge is 0.413 e. The molecule has 3 amide bonds. The SMILES string of the molecule is CC(C)(C)OC(=O)Nc1nc(C(=NCC(C)(O)C(=O)OC(C)(C)C)C(=O)NC2C(=O)NC2N=CC(N=N)c2cc(=O)c(O)c[nH]2)cs1. The van der Waals surface area contributed by atoms with E-state index < -0.39 is 76.7 Å². The molecule has 4 atom stereocenters. The topological polar surface area (TPSA) is 270 Å². The molecule has 0 bridgehead atoms. The summed E-state index contributed by atoms with van der Waals surface area (Å²) in [7, 11) is 0. The molecule has 0 spiro atoms. The maximum Gasteiger partial charge on any atom is 0.413 e. The average molecular weight is 676 g/mol. The first-order chi connectivity index (χ1) is 21.7. The fraction of sp³-hybridized carbons (Fsp3) is 0.500. The van der Waals surface area contributed by atoms with Crippen LogP contribution in [-0.2, 0) is 23.9 Å². The standard InChI is InChI=1S/C28H37N9O9S/c1-26(2,3)45-23(42)28(7,44)12-32-18(15-11-47-24(33-15)36-25(43)46-27(4,5)6)21(40)34-19-20(35-22(19)41)31-9-14(37-29)13-8-16(38)17(39)10-30-13/h8-11,14,19-20,29,39,44H,12H2,1-7H3,(H,30,38)(H,34,40)(H,35,41)(H,33,36,43). The molecule has 1 aliphatic heterocycles. The molecular formula is C28H37N9O9S. The zero-order valence-electron chi connectivity index (χ0n) is 26.7. The molecule has 0 radical (unpaired) electrons. The minimum Gasteiger partial charge on any atom is -0.503 e. The van der Waals surface area contributed by atoms with Gasteiger partial charge >= 0.3 is 12.1 Å². The Morgan fingerprint density at radius 1 is 1.15 bits per heavy atom. The van der Waals surface area contributed by atoms with Crippen LogP contribution in [0.3, 0.4) is 0 Å². The van der Waals surface area contributed by atoms with Crippen molar-refractivity contribution < 1.29 is 38.9 Å². The van der Waals surface area contributed by atoms with Crippen LogP contribution in [-0.4, -0.2) is 91.5 Å². The van der Waals surface area contributed by atoms with E-state index in [4.69, 9.17) is 15.0 Å². The highest BCUT2D eigenvalue weighted by molar-refractivity contribution is 7.14. The number of ether oxygens (including phenoxy) is 2. The van der Waals surface area contributed by atoms with Crippen molar-refractivity contribution in [1.82, 2.24) is 20.6 Å². The second-order valence-corrected chi connectivity index (χ2v) is 13.4. The second-order valence-electron chi connectivity index (χ2n) is 12.5. The number of aliphatic hydroxyl groups is 1. The molecule has 19 heteroatoms. The molecule has 1 aliphatic rings. The van der Waals surface area contributed by atoms with Crippen molar-refractivity contribution in [2.75, 3.05) is 11.9 Å². The molecule has 0 saturated carbocycles. The van der Waals surface area contributed by atoms with E-state index in [0.29, 0.717) is 0 Å². The van der Waals surface area contributed by atoms with Gasteiger partial charge in [0, 0.05) is 23.9 Å². The molecule has 3 rings (SSSR count). The predicted octanol–water partition coefficient (Wildman–Crippen LogP) is 1.55. The number of β-lactam (4-membered cyclic amide) rings is 1. The third-order valence-electron chi connectivity index (χ3n) is 5.89. The van der Waals surface area contributed by atoms with Gasteiger partial charge in [-0.1, -0.05) is 0 Å². The number of hydrogen-bond acceptors (Lipinski definition) is 15. The Hall–Kier alpha value is -5.04. The van der Waals surface area contributed by atoms with Crippen LogP contribution in [0.15, 0.2) is 37.5 Å². The number of aromatic hydroxyl groups is 1. The van der Waals surface area contributed by atoms with E-state index in [1.165, 1.54) is 11.6 Å². The van der Waals surface area contributed by atoms with Crippen LogP contribution in [0.1, 0.15) is 65.9 Å². The minimum absolute atomic E-state index is 0.0509. The van der Waals surface area contributed by atoms with Crippen molar-refractivity contribution in [1.29, 1.82) is 5.53 Å². The molecule has 18 nitrogen and oxygen atoms in total. The van der Waals surface area contributed by atoms with Crippen LogP contribution in [0.25, 0.3) is 0 Å². The summed E-state index contributed by atoms with van der Waals surface area (Å²) in [6.45, 7) is 10.4. The normalized spacial score (nSPS) is 18.7. The van der Waals surface area contributed by atoms with Gasteiger partial charge in [-0.15, -0.1) is 11.3 Å². The van der Waals surface area contributed by atoms with Crippen molar-refractivity contribution in [3.05, 3.63) is 39.3 Å². The molecule has 3 heterocycles. The van der Waals surface area contributed by atoms with E-state index in [-0.39, 0.29) is 22.2 Å². The van der Waals surface area contributed by atoms with E-state index >= 15 is 0 Å². The van der Waals surface area contributed by atoms with E-state index in [9.17, 15) is 34.2 Å². The van der Waals surface area contributed by atoms with Crippen LogP contribution in [0.2, 0.25) is 0 Å². The molecule has 0 aromatic carbocycles. The zero-order valence-corrected chi connectivity index (χ0v) is 27.5. The summed E-state index contributed by atoms with van der Waals surface area (Å²) in [6, 6.07) is -1.26. The lowest BCUT2D eigenvalue weighted by molar-refractivity contribution is -0.174. The van der Waals surface area contributed by atoms with Crippen molar-refractivity contribution in [2.24, 2.45) is 15.1 Å². The van der Waals surface area contributed by atoms with Gasteiger partial charge in [0.05, 0.1) is 12.2 Å². The van der Waals surface area contributed by atoms with Crippen molar-refractivity contribution >= 4 is 52.3 Å². The Morgan fingerprint density at radius 2 is 1.81 bits per heavy atom. The molecule has 4 unspecified atom stereocenters. The summed E-state index contributed by atoms with van der Waals surface area (Å²) in [4.78, 5) is 77.8. The summed E-state index contributed by atoms with van der Waals surface area (Å²) in [6.07, 6.45) is 0.396. The number of esters is 1. The van der Waals surface area contributed by atoms with Crippen molar-refractivity contribution in [2.45, 2.75) is 83.5 Å². The number of thiazole rings is 1. The number of amides is 3. The first kappa shape index (κ1) is 36.4. The van der Waals surface area contributed by atoms with Crippen LogP contribution in [0.5, 0.6) is 5.75 Å². The van der Waals surface area contributed by atoms with Crippen molar-refractivity contribution in [3.8, 4) is 5.75 Å². The summed E-state index contributed by atoms with van der Waals surface area (Å²) < 4.78 is 10.5. The number of pyridine rings is 1. The van der Waals surface area contributed by atoms with Crippen LogP contribution in [0, 0.1) is 5.53 Å². The predicted molar refractivity (Wildman–Crippen MR) is 169 cm³/mol. The molecular weight excluding hydrogens is 638 g/mol. The fourth-order valence-corrected chi connectivity index (χ4v) is 4.32. The maximum atomic E-state index is 13.5. The van der Waals surface area contributed by atoms with Crippen LogP contribution in [0.4, 0.5) is 9.93 Å². The Kier molecular flexibility index (Phi) is 11.0. The molecule has 254 valence electrons. The van der Waals surface area contributed by atoms with Gasteiger partial charge in [-0.2, -0.15) is 5.11 Å². The number of rotatable bonds is 11. The first-order valence-electron chi connectivity index (χ1n) is 14.1. The Balaban J connectivity index is 1.85. The van der Waals surface area contributed by atoms with Crippen LogP contribution < -0.4 is 21.4 Å². The first-order valence-corrected chi connectivity index (χ1v) is 15.0.